The van der Waals surface area contributed by atoms with Gasteiger partial charge in [0.25, 0.3) is 0 Å². The molecule has 0 fully saturated rings. The largest absolute Gasteiger partial charge is 0.490 e. The number of hydrogen-bond donors (Lipinski definition) is 2. The lowest BCUT2D eigenvalue weighted by Crippen LogP contribution is -2.31. The lowest BCUT2D eigenvalue weighted by atomic mass is 10.2. The van der Waals surface area contributed by atoms with E-state index in [0.29, 0.717) is 36.4 Å². The maximum atomic E-state index is 5.61. The molecule has 1 rings (SSSR count). The Balaban J connectivity index is 2.82. The number of benzene rings is 1. The van der Waals surface area contributed by atoms with Gasteiger partial charge in [0.15, 0.2) is 16.6 Å². The van der Waals surface area contributed by atoms with Gasteiger partial charge in [0.2, 0.25) is 0 Å². The van der Waals surface area contributed by atoms with Crippen LogP contribution in [0, 0.1) is 0 Å². The highest BCUT2D eigenvalue weighted by Gasteiger charge is 2.11. The van der Waals surface area contributed by atoms with Crippen LogP contribution in [-0.2, 0) is 0 Å². The number of nitrogens with zero attached hydrogens (tertiary/aromatic N) is 1. The van der Waals surface area contributed by atoms with Gasteiger partial charge in [-0.3, -0.25) is 5.43 Å². The molecule has 0 aliphatic heterocycles. The Kier molecular flexibility index (Phi) is 8.54. The van der Waals surface area contributed by atoms with Crippen LogP contribution in [0.15, 0.2) is 34.4 Å². The minimum absolute atomic E-state index is 0.436. The Hall–Kier alpha value is -1.60. The number of rotatable bonds is 8. The van der Waals surface area contributed by atoms with Crippen molar-refractivity contribution in [2.24, 2.45) is 5.10 Å². The van der Waals surface area contributed by atoms with Gasteiger partial charge in [-0.05, 0) is 59.7 Å². The van der Waals surface area contributed by atoms with Crippen molar-refractivity contribution in [3.05, 3.63) is 34.8 Å². The van der Waals surface area contributed by atoms with Gasteiger partial charge in [0.1, 0.15) is 0 Å². The lowest BCUT2D eigenvalue weighted by Gasteiger charge is -2.13. The van der Waals surface area contributed by atoms with E-state index < -0.39 is 0 Å². The Morgan fingerprint density at radius 3 is 2.73 bits per heavy atom. The quantitative estimate of drug-likeness (QED) is 0.311. The maximum absolute atomic E-state index is 5.61. The number of thiocarbonyl (C=S) groups is 1. The summed E-state index contributed by atoms with van der Waals surface area (Å²) >= 11 is 8.53. The monoisotopic (exact) mass is 385 g/mol. The molecule has 0 aliphatic rings. The van der Waals surface area contributed by atoms with E-state index in [9.17, 15) is 0 Å². The second kappa shape index (κ2) is 10.2. The normalized spacial score (nSPS) is 10.3. The molecule has 0 saturated carbocycles. The maximum Gasteiger partial charge on any atom is 0.187 e. The molecule has 0 atom stereocenters. The number of hydrazone groups is 1. The van der Waals surface area contributed by atoms with E-state index in [1.807, 2.05) is 26.0 Å². The summed E-state index contributed by atoms with van der Waals surface area (Å²) in [6, 6.07) is 3.77. The first kappa shape index (κ1) is 18.4. The van der Waals surface area contributed by atoms with Gasteiger partial charge in [-0.1, -0.05) is 6.08 Å². The van der Waals surface area contributed by atoms with Crippen molar-refractivity contribution in [2.75, 3.05) is 19.8 Å². The molecule has 0 spiro atoms. The molecule has 0 aliphatic carbocycles. The predicted octanol–water partition coefficient (Wildman–Crippen LogP) is 3.23. The van der Waals surface area contributed by atoms with E-state index in [1.54, 1.807) is 12.3 Å². The third-order valence-corrected chi connectivity index (χ3v) is 3.23. The SMILES string of the molecule is C=CCNC(=S)NN=Cc1cc(Br)c(OCC)c(OCC)c1. The van der Waals surface area contributed by atoms with Crippen molar-refractivity contribution in [1.29, 1.82) is 0 Å². The summed E-state index contributed by atoms with van der Waals surface area (Å²) in [5, 5.41) is 7.44. The molecule has 0 radical (unpaired) electrons. The summed E-state index contributed by atoms with van der Waals surface area (Å²) < 4.78 is 12.0. The molecular formula is C15H20BrN3O2S. The molecular weight excluding hydrogens is 366 g/mol. The zero-order valence-electron chi connectivity index (χ0n) is 12.7. The molecule has 0 amide bonds. The number of hydrogen-bond acceptors (Lipinski definition) is 4. The molecule has 7 heteroatoms. The van der Waals surface area contributed by atoms with Crippen LogP contribution in [0.4, 0.5) is 0 Å². The first-order valence-corrected chi connectivity index (χ1v) is 8.09. The molecule has 2 N–H and O–H groups in total. The average molecular weight is 386 g/mol. The lowest BCUT2D eigenvalue weighted by molar-refractivity contribution is 0.286. The van der Waals surface area contributed by atoms with Gasteiger partial charge in [-0.2, -0.15) is 5.10 Å². The van der Waals surface area contributed by atoms with Gasteiger partial charge < -0.3 is 14.8 Å². The molecule has 0 bridgehead atoms. The van der Waals surface area contributed by atoms with Gasteiger partial charge in [-0.15, -0.1) is 6.58 Å². The summed E-state index contributed by atoms with van der Waals surface area (Å²) in [5.41, 5.74) is 3.59. The summed E-state index contributed by atoms with van der Waals surface area (Å²) in [6.45, 7) is 9.17. The number of halogens is 1. The van der Waals surface area contributed by atoms with Crippen molar-refractivity contribution in [2.45, 2.75) is 13.8 Å². The summed E-state index contributed by atoms with van der Waals surface area (Å²) in [5.74, 6) is 1.37. The highest BCUT2D eigenvalue weighted by Crippen LogP contribution is 2.36. The van der Waals surface area contributed by atoms with Gasteiger partial charge in [0.05, 0.1) is 23.9 Å². The van der Waals surface area contributed by atoms with E-state index in [1.165, 1.54) is 0 Å². The minimum Gasteiger partial charge on any atom is -0.490 e. The fourth-order valence-corrected chi connectivity index (χ4v) is 2.29. The molecule has 1 aromatic carbocycles. The molecule has 0 unspecified atom stereocenters. The fraction of sp³-hybridized carbons (Fsp3) is 0.333. The fourth-order valence-electron chi connectivity index (χ4n) is 1.58. The van der Waals surface area contributed by atoms with Gasteiger partial charge in [-0.25, -0.2) is 0 Å². The van der Waals surface area contributed by atoms with Crippen molar-refractivity contribution in [1.82, 2.24) is 10.7 Å². The molecule has 0 aromatic heterocycles. The second-order valence-corrected chi connectivity index (χ2v) is 5.33. The van der Waals surface area contributed by atoms with Crippen LogP contribution in [-0.4, -0.2) is 31.1 Å². The molecule has 5 nitrogen and oxygen atoms in total. The highest BCUT2D eigenvalue weighted by molar-refractivity contribution is 9.10. The van der Waals surface area contributed by atoms with Crippen LogP contribution in [0.1, 0.15) is 19.4 Å². The second-order valence-electron chi connectivity index (χ2n) is 4.06. The summed E-state index contributed by atoms with van der Waals surface area (Å²) in [7, 11) is 0. The Morgan fingerprint density at radius 1 is 1.36 bits per heavy atom. The zero-order chi connectivity index (χ0) is 16.4. The first-order valence-electron chi connectivity index (χ1n) is 6.89. The van der Waals surface area contributed by atoms with E-state index in [4.69, 9.17) is 21.7 Å². The van der Waals surface area contributed by atoms with Crippen molar-refractivity contribution < 1.29 is 9.47 Å². The molecule has 1 aromatic rings. The third-order valence-electron chi connectivity index (χ3n) is 2.41. The van der Waals surface area contributed by atoms with Crippen LogP contribution < -0.4 is 20.2 Å². The van der Waals surface area contributed by atoms with E-state index in [0.717, 1.165) is 10.0 Å². The topological polar surface area (TPSA) is 54.9 Å². The Bertz CT molecular complexity index is 550. The van der Waals surface area contributed by atoms with Gasteiger partial charge in [0, 0.05) is 6.54 Å². The average Bonchev–Trinajstić information content (AvgIpc) is 2.49. The van der Waals surface area contributed by atoms with Crippen LogP contribution in [0.5, 0.6) is 11.5 Å². The molecule has 0 heterocycles. The zero-order valence-corrected chi connectivity index (χ0v) is 15.1. The minimum atomic E-state index is 0.436. The predicted molar refractivity (Wildman–Crippen MR) is 98.0 cm³/mol. The van der Waals surface area contributed by atoms with Crippen LogP contribution in [0.2, 0.25) is 0 Å². The summed E-state index contributed by atoms with van der Waals surface area (Å²) in [4.78, 5) is 0. The van der Waals surface area contributed by atoms with E-state index >= 15 is 0 Å². The highest BCUT2D eigenvalue weighted by atomic mass is 79.9. The molecule has 120 valence electrons. The van der Waals surface area contributed by atoms with Crippen LogP contribution in [0.25, 0.3) is 0 Å². The molecule has 0 saturated heterocycles. The Labute approximate surface area is 144 Å². The third kappa shape index (κ3) is 6.03. The van der Waals surface area contributed by atoms with Crippen molar-refractivity contribution in [3.63, 3.8) is 0 Å². The van der Waals surface area contributed by atoms with Crippen molar-refractivity contribution >= 4 is 39.5 Å². The standard InChI is InChI=1S/C15H20BrN3O2S/c1-4-7-17-15(22)19-18-10-11-8-12(16)14(21-6-3)13(9-11)20-5-2/h4,8-10H,1,5-7H2,2-3H3,(H2,17,19,22). The van der Waals surface area contributed by atoms with Crippen LogP contribution >= 0.6 is 28.1 Å². The van der Waals surface area contributed by atoms with E-state index in [-0.39, 0.29) is 0 Å². The van der Waals surface area contributed by atoms with E-state index in [2.05, 4.69) is 38.4 Å². The smallest absolute Gasteiger partial charge is 0.187 e. The van der Waals surface area contributed by atoms with Gasteiger partial charge >= 0.3 is 0 Å². The first-order chi connectivity index (χ1) is 10.6. The number of ether oxygens (including phenoxy) is 2. The van der Waals surface area contributed by atoms with Crippen molar-refractivity contribution in [3.8, 4) is 11.5 Å². The Morgan fingerprint density at radius 2 is 2.09 bits per heavy atom. The number of nitrogens with one attached hydrogen (secondary N) is 2. The van der Waals surface area contributed by atoms with Crippen LogP contribution in [0.3, 0.4) is 0 Å². The molecule has 22 heavy (non-hydrogen) atoms. The summed E-state index contributed by atoms with van der Waals surface area (Å²) in [6.07, 6.45) is 3.38.